The first kappa shape index (κ1) is 16.4. The maximum atomic E-state index is 10.1. The highest BCUT2D eigenvalue weighted by molar-refractivity contribution is 6.59. The Morgan fingerprint density at radius 1 is 1.38 bits per heavy atom. The Hall–Kier alpha value is -0.925. The van der Waals surface area contributed by atoms with Crippen LogP contribution in [-0.4, -0.2) is 57.7 Å². The average Bonchev–Trinajstić information content (AvgIpc) is 2.98. The molecule has 1 aromatic heterocycles. The van der Waals surface area contributed by atoms with Crippen molar-refractivity contribution in [3.05, 3.63) is 12.4 Å². The van der Waals surface area contributed by atoms with Crippen molar-refractivity contribution in [2.75, 3.05) is 13.2 Å². The molecule has 0 atom stereocenters. The second-order valence-electron chi connectivity index (χ2n) is 6.21. The SMILES string of the molecule is CC(C)(O)C(C)(C)OB(O)c1cnn(CC2OCCO2)c1. The Balaban J connectivity index is 1.96. The van der Waals surface area contributed by atoms with Crippen molar-refractivity contribution in [2.45, 2.75) is 51.7 Å². The van der Waals surface area contributed by atoms with E-state index < -0.39 is 18.3 Å². The highest BCUT2D eigenvalue weighted by Crippen LogP contribution is 2.25. The van der Waals surface area contributed by atoms with Crippen LogP contribution >= 0.6 is 0 Å². The van der Waals surface area contributed by atoms with Gasteiger partial charge in [0.15, 0.2) is 6.29 Å². The lowest BCUT2D eigenvalue weighted by Gasteiger charge is -2.38. The smallest absolute Gasteiger partial charge is 0.423 e. The van der Waals surface area contributed by atoms with Gasteiger partial charge in [0.25, 0.3) is 0 Å². The van der Waals surface area contributed by atoms with E-state index in [2.05, 4.69) is 5.10 Å². The molecule has 7 nitrogen and oxygen atoms in total. The van der Waals surface area contributed by atoms with Gasteiger partial charge in [-0.1, -0.05) is 0 Å². The van der Waals surface area contributed by atoms with Gasteiger partial charge in [0.1, 0.15) is 0 Å². The molecule has 118 valence electrons. The molecule has 1 fully saturated rings. The zero-order valence-electron chi connectivity index (χ0n) is 12.9. The number of aliphatic hydroxyl groups is 1. The Morgan fingerprint density at radius 2 is 2.00 bits per heavy atom. The fourth-order valence-electron chi connectivity index (χ4n) is 1.76. The van der Waals surface area contributed by atoms with E-state index in [1.807, 2.05) is 0 Å². The molecule has 8 heteroatoms. The van der Waals surface area contributed by atoms with Gasteiger partial charge in [-0.3, -0.25) is 4.68 Å². The molecule has 2 rings (SSSR count). The summed E-state index contributed by atoms with van der Waals surface area (Å²) in [7, 11) is -1.16. The summed E-state index contributed by atoms with van der Waals surface area (Å²) in [6.45, 7) is 8.35. The Morgan fingerprint density at radius 3 is 2.57 bits per heavy atom. The lowest BCUT2D eigenvalue weighted by Crippen LogP contribution is -2.53. The van der Waals surface area contributed by atoms with E-state index in [1.54, 1.807) is 38.6 Å². The van der Waals surface area contributed by atoms with E-state index in [0.29, 0.717) is 25.2 Å². The monoisotopic (exact) mass is 298 g/mol. The number of hydrogen-bond donors (Lipinski definition) is 2. The summed E-state index contributed by atoms with van der Waals surface area (Å²) in [5, 5.41) is 24.3. The van der Waals surface area contributed by atoms with Gasteiger partial charge in [-0.25, -0.2) is 0 Å². The van der Waals surface area contributed by atoms with Crippen LogP contribution < -0.4 is 5.46 Å². The zero-order valence-corrected chi connectivity index (χ0v) is 12.9. The van der Waals surface area contributed by atoms with E-state index in [9.17, 15) is 10.1 Å². The highest BCUT2D eigenvalue weighted by Gasteiger charge is 2.39. The highest BCUT2D eigenvalue weighted by atomic mass is 16.7. The summed E-state index contributed by atoms with van der Waals surface area (Å²) in [6, 6.07) is 0. The minimum atomic E-state index is -1.16. The summed E-state index contributed by atoms with van der Waals surface area (Å²) in [5.74, 6) is 0. The molecule has 0 unspecified atom stereocenters. The molecule has 0 radical (unpaired) electrons. The number of hydrogen-bond acceptors (Lipinski definition) is 6. The average molecular weight is 298 g/mol. The lowest BCUT2D eigenvalue weighted by molar-refractivity contribution is -0.0982. The van der Waals surface area contributed by atoms with Gasteiger partial charge in [0.05, 0.1) is 31.0 Å². The van der Waals surface area contributed by atoms with Crippen LogP contribution in [0, 0.1) is 0 Å². The first-order chi connectivity index (χ1) is 9.69. The van der Waals surface area contributed by atoms with Crippen molar-refractivity contribution in [3.8, 4) is 0 Å². The van der Waals surface area contributed by atoms with E-state index in [1.165, 1.54) is 6.20 Å². The van der Waals surface area contributed by atoms with Gasteiger partial charge in [-0.05, 0) is 27.7 Å². The molecule has 0 bridgehead atoms. The molecule has 2 heterocycles. The quantitative estimate of drug-likeness (QED) is 0.689. The first-order valence-corrected chi connectivity index (χ1v) is 7.03. The third-order valence-corrected chi connectivity index (χ3v) is 3.84. The number of nitrogens with zero attached hydrogens (tertiary/aromatic N) is 2. The standard InChI is InChI=1S/C13H23BN2O5/c1-12(2,17)13(3,4)21-14(18)10-7-15-16(8-10)9-11-19-5-6-20-11/h7-8,11,17-18H,5-6,9H2,1-4H3. The lowest BCUT2D eigenvalue weighted by atomic mass is 9.78. The summed E-state index contributed by atoms with van der Waals surface area (Å²) in [4.78, 5) is 0. The minimum absolute atomic E-state index is 0.302. The van der Waals surface area contributed by atoms with E-state index in [0.717, 1.165) is 0 Å². The van der Waals surface area contributed by atoms with Gasteiger partial charge >= 0.3 is 7.12 Å². The van der Waals surface area contributed by atoms with Gasteiger partial charge in [0.2, 0.25) is 0 Å². The molecular weight excluding hydrogens is 275 g/mol. The molecule has 21 heavy (non-hydrogen) atoms. The molecule has 1 saturated heterocycles. The molecule has 1 aromatic rings. The van der Waals surface area contributed by atoms with Gasteiger partial charge < -0.3 is 24.3 Å². The van der Waals surface area contributed by atoms with Gasteiger partial charge in [-0.15, -0.1) is 0 Å². The van der Waals surface area contributed by atoms with Crippen LogP contribution in [0.4, 0.5) is 0 Å². The van der Waals surface area contributed by atoms with Crippen molar-refractivity contribution in [3.63, 3.8) is 0 Å². The topological polar surface area (TPSA) is 86.0 Å². The summed E-state index contributed by atoms with van der Waals surface area (Å²) < 4.78 is 17.9. The number of ether oxygens (including phenoxy) is 2. The second kappa shape index (κ2) is 6.06. The molecule has 0 spiro atoms. The van der Waals surface area contributed by atoms with Crippen LogP contribution in [0.15, 0.2) is 12.4 Å². The Kier molecular flexibility index (Phi) is 4.74. The normalized spacial score (nSPS) is 17.4. The van der Waals surface area contributed by atoms with Crippen LogP contribution in [0.25, 0.3) is 0 Å². The first-order valence-electron chi connectivity index (χ1n) is 7.03. The third-order valence-electron chi connectivity index (χ3n) is 3.84. The van der Waals surface area contributed by atoms with Crippen LogP contribution in [-0.2, 0) is 20.7 Å². The van der Waals surface area contributed by atoms with E-state index in [4.69, 9.17) is 14.1 Å². The molecular formula is C13H23BN2O5. The maximum Gasteiger partial charge on any atom is 0.494 e. The predicted octanol–water partition coefficient (Wildman–Crippen LogP) is -0.490. The Bertz CT molecular complexity index is 465. The molecule has 1 aliphatic heterocycles. The van der Waals surface area contributed by atoms with Crippen molar-refractivity contribution >= 4 is 12.6 Å². The summed E-state index contributed by atoms with van der Waals surface area (Å²) in [6.07, 6.45) is 2.90. The Labute approximate surface area is 125 Å². The van der Waals surface area contributed by atoms with E-state index >= 15 is 0 Å². The van der Waals surface area contributed by atoms with E-state index in [-0.39, 0.29) is 6.29 Å². The summed E-state index contributed by atoms with van der Waals surface area (Å²) in [5.41, 5.74) is -1.48. The van der Waals surface area contributed by atoms with Crippen molar-refractivity contribution < 1.29 is 24.3 Å². The minimum Gasteiger partial charge on any atom is -0.423 e. The molecule has 0 aromatic carbocycles. The van der Waals surface area contributed by atoms with Crippen LogP contribution in [0.3, 0.4) is 0 Å². The van der Waals surface area contributed by atoms with Crippen LogP contribution in [0.2, 0.25) is 0 Å². The maximum absolute atomic E-state index is 10.1. The van der Waals surface area contributed by atoms with Crippen molar-refractivity contribution in [2.24, 2.45) is 0 Å². The molecule has 2 N–H and O–H groups in total. The fourth-order valence-corrected chi connectivity index (χ4v) is 1.76. The largest absolute Gasteiger partial charge is 0.494 e. The predicted molar refractivity (Wildman–Crippen MR) is 77.0 cm³/mol. The van der Waals surface area contributed by atoms with Crippen molar-refractivity contribution in [1.29, 1.82) is 0 Å². The van der Waals surface area contributed by atoms with Gasteiger partial charge in [-0.2, -0.15) is 5.10 Å². The van der Waals surface area contributed by atoms with Gasteiger partial charge in [0, 0.05) is 17.9 Å². The van der Waals surface area contributed by atoms with Crippen LogP contribution in [0.5, 0.6) is 0 Å². The fraction of sp³-hybridized carbons (Fsp3) is 0.769. The molecule has 0 amide bonds. The van der Waals surface area contributed by atoms with Crippen molar-refractivity contribution in [1.82, 2.24) is 9.78 Å². The zero-order chi connectivity index (χ0) is 15.7. The third kappa shape index (κ3) is 4.05. The second-order valence-corrected chi connectivity index (χ2v) is 6.21. The molecule has 0 saturated carbocycles. The number of rotatable bonds is 6. The van der Waals surface area contributed by atoms with Crippen LogP contribution in [0.1, 0.15) is 27.7 Å². The molecule has 0 aliphatic carbocycles. The number of aromatic nitrogens is 2. The summed E-state index contributed by atoms with van der Waals surface area (Å²) >= 11 is 0. The molecule has 1 aliphatic rings.